The van der Waals surface area contributed by atoms with Crippen molar-refractivity contribution >= 4 is 27.3 Å². The molecule has 0 saturated heterocycles. The fraction of sp³-hybridized carbons (Fsp3) is 0.333. The van der Waals surface area contributed by atoms with E-state index in [9.17, 15) is 0 Å². The normalized spacial score (nSPS) is 12.6. The molecule has 1 N–H and O–H groups in total. The molecular formula is C12H14BrN3S. The first-order valence-electron chi connectivity index (χ1n) is 5.39. The first kappa shape index (κ1) is 12.7. The van der Waals surface area contributed by atoms with Gasteiger partial charge in [-0.1, -0.05) is 0 Å². The van der Waals surface area contributed by atoms with E-state index in [1.165, 1.54) is 0 Å². The second kappa shape index (κ2) is 5.71. The quantitative estimate of drug-likeness (QED) is 0.942. The number of aryl methyl sites for hydroxylation is 1. The van der Waals surface area contributed by atoms with Gasteiger partial charge in [-0.25, -0.2) is 4.98 Å². The molecule has 3 nitrogen and oxygen atoms in total. The van der Waals surface area contributed by atoms with Crippen LogP contribution in [0.15, 0.2) is 28.2 Å². The van der Waals surface area contributed by atoms with Crippen LogP contribution in [0.4, 0.5) is 0 Å². The van der Waals surface area contributed by atoms with E-state index in [1.807, 2.05) is 32.3 Å². The SMILES string of the molecule is CNC(Cc1csc(C)n1)c1ncccc1Br. The third-order valence-corrected chi connectivity index (χ3v) is 4.04. The Labute approximate surface area is 113 Å². The third kappa shape index (κ3) is 3.12. The molecule has 0 amide bonds. The molecule has 1 atom stereocenters. The molecule has 0 fully saturated rings. The minimum Gasteiger partial charge on any atom is -0.311 e. The minimum absolute atomic E-state index is 0.187. The maximum Gasteiger partial charge on any atom is 0.0897 e. The number of hydrogen-bond acceptors (Lipinski definition) is 4. The summed E-state index contributed by atoms with van der Waals surface area (Å²) < 4.78 is 1.03. The van der Waals surface area contributed by atoms with Gasteiger partial charge < -0.3 is 5.32 Å². The van der Waals surface area contributed by atoms with Gasteiger partial charge in [0.05, 0.1) is 22.4 Å². The topological polar surface area (TPSA) is 37.8 Å². The zero-order valence-corrected chi connectivity index (χ0v) is 12.2. The Kier molecular flexibility index (Phi) is 4.25. The molecule has 0 aliphatic carbocycles. The zero-order chi connectivity index (χ0) is 12.3. The molecule has 90 valence electrons. The van der Waals surface area contributed by atoms with Crippen molar-refractivity contribution in [3.8, 4) is 0 Å². The summed E-state index contributed by atoms with van der Waals surface area (Å²) >= 11 is 5.22. The van der Waals surface area contributed by atoms with Gasteiger partial charge in [-0.15, -0.1) is 11.3 Å². The van der Waals surface area contributed by atoms with Crippen molar-refractivity contribution in [2.24, 2.45) is 0 Å². The van der Waals surface area contributed by atoms with Gasteiger partial charge in [0.15, 0.2) is 0 Å². The smallest absolute Gasteiger partial charge is 0.0897 e. The van der Waals surface area contributed by atoms with Crippen LogP contribution < -0.4 is 5.32 Å². The largest absolute Gasteiger partial charge is 0.311 e. The van der Waals surface area contributed by atoms with Crippen LogP contribution in [-0.4, -0.2) is 17.0 Å². The lowest BCUT2D eigenvalue weighted by Gasteiger charge is -2.15. The summed E-state index contributed by atoms with van der Waals surface area (Å²) in [7, 11) is 1.95. The van der Waals surface area contributed by atoms with E-state index in [0.717, 1.165) is 27.3 Å². The number of likely N-dealkylation sites (N-methyl/N-ethyl adjacent to an activating group) is 1. The highest BCUT2D eigenvalue weighted by Crippen LogP contribution is 2.24. The summed E-state index contributed by atoms with van der Waals surface area (Å²) in [6.45, 7) is 2.03. The Bertz CT molecular complexity index is 498. The van der Waals surface area contributed by atoms with Crippen molar-refractivity contribution in [2.45, 2.75) is 19.4 Å². The molecule has 2 aromatic heterocycles. The highest BCUT2D eigenvalue weighted by Gasteiger charge is 2.15. The molecule has 0 aliphatic rings. The lowest BCUT2D eigenvalue weighted by atomic mass is 10.1. The Balaban J connectivity index is 2.20. The van der Waals surface area contributed by atoms with Gasteiger partial charge in [0.1, 0.15) is 0 Å². The summed E-state index contributed by atoms with van der Waals surface area (Å²) in [4.78, 5) is 8.91. The summed E-state index contributed by atoms with van der Waals surface area (Å²) in [6, 6.07) is 4.12. The summed E-state index contributed by atoms with van der Waals surface area (Å²) in [5, 5.41) is 6.50. The Morgan fingerprint density at radius 2 is 2.35 bits per heavy atom. The van der Waals surface area contributed by atoms with Gasteiger partial charge in [0.25, 0.3) is 0 Å². The molecule has 1 unspecified atom stereocenters. The number of pyridine rings is 1. The van der Waals surface area contributed by atoms with Crippen molar-refractivity contribution in [1.29, 1.82) is 0 Å². The summed E-state index contributed by atoms with van der Waals surface area (Å²) in [5.41, 5.74) is 2.14. The molecule has 2 aromatic rings. The molecule has 2 heterocycles. The van der Waals surface area contributed by atoms with E-state index >= 15 is 0 Å². The zero-order valence-electron chi connectivity index (χ0n) is 9.77. The van der Waals surface area contributed by atoms with Gasteiger partial charge in [0.2, 0.25) is 0 Å². The van der Waals surface area contributed by atoms with Crippen LogP contribution in [0.25, 0.3) is 0 Å². The number of halogens is 1. The van der Waals surface area contributed by atoms with E-state index in [0.29, 0.717) is 0 Å². The molecule has 0 bridgehead atoms. The van der Waals surface area contributed by atoms with Crippen LogP contribution in [0.5, 0.6) is 0 Å². The van der Waals surface area contributed by atoms with Crippen LogP contribution in [0.2, 0.25) is 0 Å². The number of nitrogens with zero attached hydrogens (tertiary/aromatic N) is 2. The number of aromatic nitrogens is 2. The minimum atomic E-state index is 0.187. The molecule has 2 rings (SSSR count). The summed E-state index contributed by atoms with van der Waals surface area (Å²) in [6.07, 6.45) is 2.67. The van der Waals surface area contributed by atoms with Gasteiger partial charge in [-0.3, -0.25) is 4.98 Å². The Morgan fingerprint density at radius 3 is 2.94 bits per heavy atom. The van der Waals surface area contributed by atoms with Crippen LogP contribution in [-0.2, 0) is 6.42 Å². The molecule has 5 heteroatoms. The van der Waals surface area contributed by atoms with E-state index in [-0.39, 0.29) is 6.04 Å². The van der Waals surface area contributed by atoms with Crippen LogP contribution >= 0.6 is 27.3 Å². The van der Waals surface area contributed by atoms with Gasteiger partial charge in [0, 0.05) is 22.5 Å². The molecular weight excluding hydrogens is 298 g/mol. The maximum absolute atomic E-state index is 4.49. The van der Waals surface area contributed by atoms with Crippen molar-refractivity contribution in [3.63, 3.8) is 0 Å². The monoisotopic (exact) mass is 311 g/mol. The third-order valence-electron chi connectivity index (χ3n) is 2.55. The van der Waals surface area contributed by atoms with Crippen molar-refractivity contribution in [1.82, 2.24) is 15.3 Å². The van der Waals surface area contributed by atoms with Crippen molar-refractivity contribution < 1.29 is 0 Å². The number of thiazole rings is 1. The number of rotatable bonds is 4. The van der Waals surface area contributed by atoms with E-state index < -0.39 is 0 Å². The van der Waals surface area contributed by atoms with E-state index in [1.54, 1.807) is 11.3 Å². The Hall–Kier alpha value is -0.780. The second-order valence-electron chi connectivity index (χ2n) is 3.77. The first-order valence-corrected chi connectivity index (χ1v) is 7.06. The van der Waals surface area contributed by atoms with Crippen LogP contribution in [0.1, 0.15) is 22.4 Å². The first-order chi connectivity index (χ1) is 8.20. The lowest BCUT2D eigenvalue weighted by molar-refractivity contribution is 0.567. The highest BCUT2D eigenvalue weighted by atomic mass is 79.9. The van der Waals surface area contributed by atoms with Gasteiger partial charge >= 0.3 is 0 Å². The Morgan fingerprint density at radius 1 is 1.53 bits per heavy atom. The van der Waals surface area contributed by atoms with Crippen molar-refractivity contribution in [3.05, 3.63) is 44.6 Å². The van der Waals surface area contributed by atoms with E-state index in [2.05, 4.69) is 36.6 Å². The molecule has 0 aliphatic heterocycles. The number of hydrogen-bond donors (Lipinski definition) is 1. The highest BCUT2D eigenvalue weighted by molar-refractivity contribution is 9.10. The van der Waals surface area contributed by atoms with Gasteiger partial charge in [-0.05, 0) is 42.0 Å². The van der Waals surface area contributed by atoms with Crippen LogP contribution in [0.3, 0.4) is 0 Å². The summed E-state index contributed by atoms with van der Waals surface area (Å²) in [5.74, 6) is 0. The average Bonchev–Trinajstić information content (AvgIpc) is 2.73. The number of nitrogens with one attached hydrogen (secondary N) is 1. The lowest BCUT2D eigenvalue weighted by Crippen LogP contribution is -2.20. The standard InChI is InChI=1S/C12H14BrN3S/c1-8-16-9(7-17-8)6-11(14-2)12-10(13)4-3-5-15-12/h3-5,7,11,14H,6H2,1-2H3. The predicted molar refractivity (Wildman–Crippen MR) is 74.3 cm³/mol. The molecule has 0 spiro atoms. The molecule has 17 heavy (non-hydrogen) atoms. The average molecular weight is 312 g/mol. The van der Waals surface area contributed by atoms with E-state index in [4.69, 9.17) is 0 Å². The molecule has 0 aromatic carbocycles. The fourth-order valence-corrected chi connectivity index (χ4v) is 2.86. The predicted octanol–water partition coefficient (Wildman–Crippen LogP) is 3.11. The maximum atomic E-state index is 4.49. The molecule has 0 radical (unpaired) electrons. The van der Waals surface area contributed by atoms with Crippen molar-refractivity contribution in [2.75, 3.05) is 7.05 Å². The fourth-order valence-electron chi connectivity index (χ4n) is 1.70. The van der Waals surface area contributed by atoms with Crippen LogP contribution in [0, 0.1) is 6.92 Å². The molecule has 0 saturated carbocycles. The second-order valence-corrected chi connectivity index (χ2v) is 5.69. The van der Waals surface area contributed by atoms with Gasteiger partial charge in [-0.2, -0.15) is 0 Å².